The van der Waals surface area contributed by atoms with Gasteiger partial charge in [0.1, 0.15) is 0 Å². The fourth-order valence-corrected chi connectivity index (χ4v) is 2.69. The maximum absolute atomic E-state index is 12.0. The number of guanidine groups is 1. The Hall–Kier alpha value is -2.34. The molecule has 122 valence electrons. The summed E-state index contributed by atoms with van der Waals surface area (Å²) < 4.78 is 0. The number of aryl methyl sites for hydroxylation is 1. The van der Waals surface area contributed by atoms with Gasteiger partial charge in [0.25, 0.3) is 5.91 Å². The summed E-state index contributed by atoms with van der Waals surface area (Å²) in [5, 5.41) is 11.4. The number of nitrogens with one attached hydrogen (secondary N) is 3. The molecule has 0 saturated heterocycles. The Morgan fingerprint density at radius 2 is 1.96 bits per heavy atom. The smallest absolute Gasteiger partial charge is 0.251 e. The Kier molecular flexibility index (Phi) is 6.62. The lowest BCUT2D eigenvalue weighted by molar-refractivity contribution is 0.0954. The number of rotatable bonds is 6. The molecule has 0 radical (unpaired) electrons. The molecule has 3 N–H and O–H groups in total. The second kappa shape index (κ2) is 8.95. The molecule has 0 bridgehead atoms. The highest BCUT2D eigenvalue weighted by Crippen LogP contribution is 2.07. The molecule has 6 heteroatoms. The minimum Gasteiger partial charge on any atom is -0.355 e. The molecular formula is C17H22N4OS. The predicted molar refractivity (Wildman–Crippen MR) is 96.0 cm³/mol. The van der Waals surface area contributed by atoms with Crippen molar-refractivity contribution in [2.45, 2.75) is 13.5 Å². The van der Waals surface area contributed by atoms with Gasteiger partial charge in [-0.1, -0.05) is 23.8 Å². The van der Waals surface area contributed by atoms with Crippen LogP contribution in [-0.2, 0) is 6.54 Å². The molecule has 0 spiro atoms. The highest BCUT2D eigenvalue weighted by molar-refractivity contribution is 7.09. The Morgan fingerprint density at radius 3 is 2.65 bits per heavy atom. The van der Waals surface area contributed by atoms with E-state index < -0.39 is 0 Å². The quantitative estimate of drug-likeness (QED) is 0.432. The van der Waals surface area contributed by atoms with Gasteiger partial charge in [-0.3, -0.25) is 9.79 Å². The van der Waals surface area contributed by atoms with E-state index in [1.54, 1.807) is 18.4 Å². The van der Waals surface area contributed by atoms with Gasteiger partial charge in [-0.2, -0.15) is 0 Å². The third-order valence-corrected chi connectivity index (χ3v) is 4.09. The van der Waals surface area contributed by atoms with Crippen LogP contribution in [0, 0.1) is 6.92 Å². The lowest BCUT2D eigenvalue weighted by atomic mass is 10.1. The van der Waals surface area contributed by atoms with Crippen LogP contribution in [0.25, 0.3) is 0 Å². The third kappa shape index (κ3) is 5.75. The Morgan fingerprint density at radius 1 is 1.13 bits per heavy atom. The number of carbonyl (C=O) groups excluding carboxylic acids is 1. The monoisotopic (exact) mass is 330 g/mol. The summed E-state index contributed by atoms with van der Waals surface area (Å²) in [6.07, 6.45) is 0. The molecule has 1 aromatic heterocycles. The van der Waals surface area contributed by atoms with Crippen molar-refractivity contribution in [1.82, 2.24) is 16.0 Å². The maximum atomic E-state index is 12.0. The van der Waals surface area contributed by atoms with E-state index >= 15 is 0 Å². The molecule has 0 aliphatic rings. The molecule has 1 amide bonds. The van der Waals surface area contributed by atoms with E-state index in [1.165, 1.54) is 4.88 Å². The summed E-state index contributed by atoms with van der Waals surface area (Å²) in [7, 11) is 1.73. The Bertz CT molecular complexity index is 652. The van der Waals surface area contributed by atoms with Gasteiger partial charge in [0.2, 0.25) is 0 Å². The van der Waals surface area contributed by atoms with Crippen LogP contribution in [0.4, 0.5) is 0 Å². The molecule has 2 aromatic rings. The molecule has 0 unspecified atom stereocenters. The number of carbonyl (C=O) groups is 1. The van der Waals surface area contributed by atoms with E-state index in [1.807, 2.05) is 42.6 Å². The molecule has 0 aliphatic carbocycles. The number of thiophene rings is 1. The number of nitrogens with zero attached hydrogens (tertiary/aromatic N) is 1. The van der Waals surface area contributed by atoms with Gasteiger partial charge in [-0.05, 0) is 30.5 Å². The van der Waals surface area contributed by atoms with Crippen molar-refractivity contribution in [3.8, 4) is 0 Å². The molecule has 1 aromatic carbocycles. The molecule has 0 saturated carbocycles. The second-order valence-corrected chi connectivity index (χ2v) is 6.09. The van der Waals surface area contributed by atoms with Crippen LogP contribution in [0.2, 0.25) is 0 Å². The molecule has 0 aliphatic heterocycles. The molecule has 2 rings (SSSR count). The molecular weight excluding hydrogens is 308 g/mol. The zero-order valence-electron chi connectivity index (χ0n) is 13.4. The number of benzene rings is 1. The summed E-state index contributed by atoms with van der Waals surface area (Å²) in [6.45, 7) is 3.86. The first-order valence-corrected chi connectivity index (χ1v) is 8.39. The molecule has 0 fully saturated rings. The average molecular weight is 330 g/mol. The highest BCUT2D eigenvalue weighted by Gasteiger charge is 2.04. The first kappa shape index (κ1) is 17.0. The Balaban J connectivity index is 1.68. The summed E-state index contributed by atoms with van der Waals surface area (Å²) >= 11 is 1.70. The SMILES string of the molecule is CN=C(NCCNC(=O)c1cccc(C)c1)NCc1cccs1. The van der Waals surface area contributed by atoms with Crippen molar-refractivity contribution in [2.24, 2.45) is 4.99 Å². The van der Waals surface area contributed by atoms with Gasteiger partial charge >= 0.3 is 0 Å². The van der Waals surface area contributed by atoms with E-state index in [0.717, 1.165) is 18.1 Å². The zero-order chi connectivity index (χ0) is 16.5. The van der Waals surface area contributed by atoms with Crippen LogP contribution in [0.5, 0.6) is 0 Å². The van der Waals surface area contributed by atoms with Gasteiger partial charge in [-0.15, -0.1) is 11.3 Å². The molecule has 0 atom stereocenters. The van der Waals surface area contributed by atoms with Crippen LogP contribution in [0.3, 0.4) is 0 Å². The number of hydrogen-bond acceptors (Lipinski definition) is 3. The minimum absolute atomic E-state index is 0.0583. The van der Waals surface area contributed by atoms with E-state index in [4.69, 9.17) is 0 Å². The fourth-order valence-electron chi connectivity index (χ4n) is 2.05. The van der Waals surface area contributed by atoms with Crippen molar-refractivity contribution in [3.63, 3.8) is 0 Å². The molecule has 1 heterocycles. The van der Waals surface area contributed by atoms with Crippen LogP contribution in [-0.4, -0.2) is 32.0 Å². The summed E-state index contributed by atoms with van der Waals surface area (Å²) in [5.74, 6) is 0.667. The highest BCUT2D eigenvalue weighted by atomic mass is 32.1. The van der Waals surface area contributed by atoms with Crippen molar-refractivity contribution in [2.75, 3.05) is 20.1 Å². The molecule has 23 heavy (non-hydrogen) atoms. The first-order chi connectivity index (χ1) is 11.2. The summed E-state index contributed by atoms with van der Waals surface area (Å²) in [4.78, 5) is 17.4. The van der Waals surface area contributed by atoms with Crippen molar-refractivity contribution >= 4 is 23.2 Å². The summed E-state index contributed by atoms with van der Waals surface area (Å²) in [6, 6.07) is 11.7. The van der Waals surface area contributed by atoms with Gasteiger partial charge in [0.15, 0.2) is 5.96 Å². The van der Waals surface area contributed by atoms with Crippen molar-refractivity contribution in [1.29, 1.82) is 0 Å². The molecule has 5 nitrogen and oxygen atoms in total. The van der Waals surface area contributed by atoms with Crippen molar-refractivity contribution < 1.29 is 4.79 Å². The second-order valence-electron chi connectivity index (χ2n) is 5.06. The van der Waals surface area contributed by atoms with E-state index in [0.29, 0.717) is 18.7 Å². The van der Waals surface area contributed by atoms with Crippen LogP contribution in [0.1, 0.15) is 20.8 Å². The number of hydrogen-bond donors (Lipinski definition) is 3. The lowest BCUT2D eigenvalue weighted by Crippen LogP contribution is -2.41. The van der Waals surface area contributed by atoms with Gasteiger partial charge in [-0.25, -0.2) is 0 Å². The van der Waals surface area contributed by atoms with E-state index in [2.05, 4.69) is 27.0 Å². The third-order valence-electron chi connectivity index (χ3n) is 3.22. The van der Waals surface area contributed by atoms with Crippen molar-refractivity contribution in [3.05, 3.63) is 57.8 Å². The van der Waals surface area contributed by atoms with E-state index in [-0.39, 0.29) is 5.91 Å². The van der Waals surface area contributed by atoms with Crippen LogP contribution >= 0.6 is 11.3 Å². The fraction of sp³-hybridized carbons (Fsp3) is 0.294. The van der Waals surface area contributed by atoms with Gasteiger partial charge in [0, 0.05) is 30.6 Å². The van der Waals surface area contributed by atoms with E-state index in [9.17, 15) is 4.79 Å². The standard InChI is InChI=1S/C17H22N4OS/c1-13-5-3-6-14(11-13)16(22)19-8-9-20-17(18-2)21-12-15-7-4-10-23-15/h3-7,10-11H,8-9,12H2,1-2H3,(H,19,22)(H2,18,20,21). The van der Waals surface area contributed by atoms with Crippen LogP contribution in [0.15, 0.2) is 46.8 Å². The summed E-state index contributed by atoms with van der Waals surface area (Å²) in [5.41, 5.74) is 1.76. The zero-order valence-corrected chi connectivity index (χ0v) is 14.2. The lowest BCUT2D eigenvalue weighted by Gasteiger charge is -2.12. The minimum atomic E-state index is -0.0583. The predicted octanol–water partition coefficient (Wildman–Crippen LogP) is 2.15. The first-order valence-electron chi connectivity index (χ1n) is 7.51. The number of amides is 1. The van der Waals surface area contributed by atoms with Gasteiger partial charge in [0.05, 0.1) is 6.54 Å². The van der Waals surface area contributed by atoms with Gasteiger partial charge < -0.3 is 16.0 Å². The largest absolute Gasteiger partial charge is 0.355 e. The Labute approximate surface area is 140 Å². The topological polar surface area (TPSA) is 65.5 Å². The van der Waals surface area contributed by atoms with Crippen LogP contribution < -0.4 is 16.0 Å². The normalized spacial score (nSPS) is 11.1. The number of aliphatic imine (C=N–C) groups is 1. The maximum Gasteiger partial charge on any atom is 0.251 e. The average Bonchev–Trinajstić information content (AvgIpc) is 3.07.